The van der Waals surface area contributed by atoms with Crippen LogP contribution in [0.15, 0.2) is 85.5 Å². The number of rotatable bonds is 22. The summed E-state index contributed by atoms with van der Waals surface area (Å²) in [7, 11) is -5.17. The smallest absolute Gasteiger partial charge is 0.288 e. The van der Waals surface area contributed by atoms with Gasteiger partial charge in [-0.2, -0.15) is 0 Å². The van der Waals surface area contributed by atoms with Gasteiger partial charge < -0.3 is 40.2 Å². The van der Waals surface area contributed by atoms with Crippen LogP contribution in [0.3, 0.4) is 0 Å². The average Bonchev–Trinajstić information content (AvgIpc) is 3.77. The standard InChI is InChI=1S/2C18H26Cl2N3O2.H2O4S/c2*19-11-16(24)13-21-7-4-8-22-9-10-23(14-17(25)12-20)18(22)15-5-2-1-3-6-15;1-5(2,3)4/h2*1-3,5-6,9-10,16-17,21,24-25H,4,7-8,11-14H2;(H2,1,2,3,4)/q2*+1;/p-2. The zero-order valence-corrected chi connectivity index (χ0v) is 34.3. The van der Waals surface area contributed by atoms with Gasteiger partial charge in [0.1, 0.15) is 50.1 Å². The lowest BCUT2D eigenvalue weighted by Gasteiger charge is -2.09. The number of nitrogens with one attached hydrogen (secondary N) is 2. The number of halogens is 4. The minimum atomic E-state index is -5.17. The summed E-state index contributed by atoms with van der Waals surface area (Å²) in [6.45, 7) is 5.18. The predicted octanol–water partition coefficient (Wildman–Crippen LogP) is 1.91. The molecule has 55 heavy (non-hydrogen) atoms. The molecule has 0 spiro atoms. The van der Waals surface area contributed by atoms with E-state index >= 15 is 0 Å². The largest absolute Gasteiger partial charge is 0.759 e. The summed E-state index contributed by atoms with van der Waals surface area (Å²) in [6.07, 6.45) is 7.66. The molecule has 4 unspecified atom stereocenters. The third kappa shape index (κ3) is 20.1. The molecule has 14 nitrogen and oxygen atoms in total. The van der Waals surface area contributed by atoms with Crippen molar-refractivity contribution < 1.29 is 47.1 Å². The number of aryl methyl sites for hydroxylation is 2. The second-order valence-corrected chi connectivity index (χ2v) is 14.5. The molecule has 2 aromatic carbocycles. The van der Waals surface area contributed by atoms with E-state index < -0.39 is 34.8 Å². The molecule has 0 saturated carbocycles. The quantitative estimate of drug-likeness (QED) is 0.0223. The van der Waals surface area contributed by atoms with E-state index in [1.807, 2.05) is 70.3 Å². The van der Waals surface area contributed by atoms with Crippen molar-refractivity contribution in [3.63, 3.8) is 0 Å². The van der Waals surface area contributed by atoms with Crippen molar-refractivity contribution in [2.75, 3.05) is 49.7 Å². The number of aliphatic hydroxyl groups is 4. The van der Waals surface area contributed by atoms with Gasteiger partial charge in [0, 0.05) is 35.2 Å². The highest BCUT2D eigenvalue weighted by molar-refractivity contribution is 7.79. The summed E-state index contributed by atoms with van der Waals surface area (Å²) in [4.78, 5) is 0. The molecule has 2 heterocycles. The maximum atomic E-state index is 9.91. The van der Waals surface area contributed by atoms with Crippen molar-refractivity contribution in [3.8, 4) is 22.8 Å². The number of hydrogen-bond acceptors (Lipinski definition) is 10. The molecule has 0 saturated heterocycles. The van der Waals surface area contributed by atoms with Crippen LogP contribution < -0.4 is 19.8 Å². The minimum Gasteiger partial charge on any atom is -0.759 e. The van der Waals surface area contributed by atoms with Crippen LogP contribution in [0.25, 0.3) is 22.8 Å². The summed E-state index contributed by atoms with van der Waals surface area (Å²) in [5.74, 6) is 2.99. The fraction of sp³-hybridized carbons (Fsp3) is 0.500. The molecule has 4 aromatic rings. The van der Waals surface area contributed by atoms with Gasteiger partial charge in [-0.15, -0.1) is 46.4 Å². The molecule has 6 N–H and O–H groups in total. The number of hydrogen-bond donors (Lipinski definition) is 6. The highest BCUT2D eigenvalue weighted by Crippen LogP contribution is 2.17. The topological polar surface area (TPSA) is 203 Å². The van der Waals surface area contributed by atoms with E-state index in [2.05, 4.69) is 44.0 Å². The van der Waals surface area contributed by atoms with Gasteiger partial charge in [-0.1, -0.05) is 36.4 Å². The first kappa shape index (κ1) is 48.8. The zero-order chi connectivity index (χ0) is 40.6. The van der Waals surface area contributed by atoms with Gasteiger partial charge in [0.2, 0.25) is 0 Å². The van der Waals surface area contributed by atoms with Crippen molar-refractivity contribution in [1.82, 2.24) is 19.8 Å². The third-order valence-electron chi connectivity index (χ3n) is 7.80. The Morgan fingerprint density at radius 3 is 1.24 bits per heavy atom. The molecular weight excluding hydrogens is 818 g/mol. The summed E-state index contributed by atoms with van der Waals surface area (Å²) < 4.78 is 42.5. The average molecular weight is 871 g/mol. The number of nitrogens with zero attached hydrogens (tertiary/aromatic N) is 4. The SMILES string of the molecule is O=S(=O)([O-])[O-].OC(CCl)CNCCCn1cc[n+](CC(O)CCl)c1-c1ccccc1.OC(CCl)CNCCCn1cc[n+](CC(O)CCl)c1-c1ccccc1. The molecule has 0 aliphatic carbocycles. The van der Waals surface area contributed by atoms with E-state index in [-0.39, 0.29) is 23.5 Å². The van der Waals surface area contributed by atoms with Crippen LogP contribution in [0.4, 0.5) is 0 Å². The first-order valence-electron chi connectivity index (χ1n) is 17.6. The third-order valence-corrected chi connectivity index (χ3v) is 9.22. The van der Waals surface area contributed by atoms with E-state index in [1.165, 1.54) is 0 Å². The predicted molar refractivity (Wildman–Crippen MR) is 212 cm³/mol. The lowest BCUT2D eigenvalue weighted by molar-refractivity contribution is -0.691. The molecule has 308 valence electrons. The van der Waals surface area contributed by atoms with E-state index in [4.69, 9.17) is 63.9 Å². The Morgan fingerprint density at radius 2 is 0.927 bits per heavy atom. The molecule has 0 aliphatic heterocycles. The summed E-state index contributed by atoms with van der Waals surface area (Å²) >= 11 is 22.7. The fourth-order valence-corrected chi connectivity index (χ4v) is 5.79. The van der Waals surface area contributed by atoms with Crippen molar-refractivity contribution in [3.05, 3.63) is 85.5 Å². The van der Waals surface area contributed by atoms with Crippen LogP contribution in [0.2, 0.25) is 0 Å². The Labute approximate surface area is 343 Å². The van der Waals surface area contributed by atoms with Gasteiger partial charge in [-0.25, -0.2) is 18.3 Å². The maximum Gasteiger partial charge on any atom is 0.288 e. The molecule has 0 amide bonds. The Hall–Kier alpha value is -2.35. The maximum absolute atomic E-state index is 9.91. The van der Waals surface area contributed by atoms with Gasteiger partial charge in [0.25, 0.3) is 11.6 Å². The lowest BCUT2D eigenvalue weighted by Crippen LogP contribution is -2.41. The fourth-order valence-electron chi connectivity index (χ4n) is 5.37. The van der Waals surface area contributed by atoms with Crippen molar-refractivity contribution in [2.45, 2.75) is 63.4 Å². The summed E-state index contributed by atoms with van der Waals surface area (Å²) in [5.41, 5.74) is 2.19. The van der Waals surface area contributed by atoms with E-state index in [0.29, 0.717) is 26.2 Å². The Kier molecular flexibility index (Phi) is 24.2. The van der Waals surface area contributed by atoms with Crippen LogP contribution in [0, 0.1) is 0 Å². The summed E-state index contributed by atoms with van der Waals surface area (Å²) in [5, 5.41) is 45.1. The van der Waals surface area contributed by atoms with E-state index in [1.54, 1.807) is 0 Å². The molecule has 2 aromatic heterocycles. The highest BCUT2D eigenvalue weighted by atomic mass is 35.5. The van der Waals surface area contributed by atoms with Gasteiger partial charge in [0.15, 0.2) is 0 Å². The van der Waals surface area contributed by atoms with Crippen molar-refractivity contribution >= 4 is 56.8 Å². The molecule has 0 bridgehead atoms. The van der Waals surface area contributed by atoms with E-state index in [0.717, 1.165) is 61.8 Å². The normalized spacial score (nSPS) is 13.6. The van der Waals surface area contributed by atoms with Gasteiger partial charge in [-0.3, -0.25) is 8.42 Å². The van der Waals surface area contributed by atoms with Crippen LogP contribution in [0.1, 0.15) is 12.8 Å². The van der Waals surface area contributed by atoms with Crippen LogP contribution in [-0.2, 0) is 36.6 Å². The first-order chi connectivity index (χ1) is 26.3. The Bertz CT molecular complexity index is 1590. The lowest BCUT2D eigenvalue weighted by atomic mass is 10.2. The highest BCUT2D eigenvalue weighted by Gasteiger charge is 2.22. The number of aliphatic hydroxyl groups excluding tert-OH is 4. The second kappa shape index (κ2) is 27.3. The summed E-state index contributed by atoms with van der Waals surface area (Å²) in [6, 6.07) is 20.2. The van der Waals surface area contributed by atoms with Crippen molar-refractivity contribution in [2.24, 2.45) is 0 Å². The molecule has 0 fully saturated rings. The molecule has 4 rings (SSSR count). The number of benzene rings is 2. The van der Waals surface area contributed by atoms with Crippen LogP contribution in [0.5, 0.6) is 0 Å². The molecule has 19 heteroatoms. The molecule has 0 aliphatic rings. The molecular formula is C36H52Cl4N6O8S. The van der Waals surface area contributed by atoms with Gasteiger partial charge in [-0.05, 0) is 50.2 Å². The number of aromatic nitrogens is 4. The monoisotopic (exact) mass is 868 g/mol. The minimum absolute atomic E-state index is 0.208. The van der Waals surface area contributed by atoms with Crippen molar-refractivity contribution in [1.29, 1.82) is 0 Å². The Morgan fingerprint density at radius 1 is 0.600 bits per heavy atom. The molecule has 0 radical (unpaired) electrons. The Balaban J connectivity index is 0.000000338. The van der Waals surface area contributed by atoms with Crippen LogP contribution in [-0.4, -0.2) is 121 Å². The number of alkyl halides is 4. The second-order valence-electron chi connectivity index (χ2n) is 12.4. The first-order valence-corrected chi connectivity index (χ1v) is 21.1. The number of imidazole rings is 2. The van der Waals surface area contributed by atoms with Gasteiger partial charge >= 0.3 is 0 Å². The van der Waals surface area contributed by atoms with Crippen LogP contribution >= 0.6 is 46.4 Å². The zero-order valence-electron chi connectivity index (χ0n) is 30.4. The van der Waals surface area contributed by atoms with Gasteiger partial charge in [0.05, 0.1) is 48.2 Å². The molecule has 4 atom stereocenters. The van der Waals surface area contributed by atoms with E-state index in [9.17, 15) is 20.4 Å².